The highest BCUT2D eigenvalue weighted by atomic mass is 32.1. The lowest BCUT2D eigenvalue weighted by atomic mass is 9.77. The van der Waals surface area contributed by atoms with Gasteiger partial charge in [0.2, 0.25) is 0 Å². The van der Waals surface area contributed by atoms with Crippen LogP contribution in [0.15, 0.2) is 17.5 Å². The van der Waals surface area contributed by atoms with Crippen molar-refractivity contribution in [2.24, 2.45) is 11.1 Å². The predicted molar refractivity (Wildman–Crippen MR) is 84.5 cm³/mol. The van der Waals surface area contributed by atoms with Crippen LogP contribution in [0.2, 0.25) is 0 Å². The Labute approximate surface area is 122 Å². The number of nitrogens with two attached hydrogens (primary N) is 1. The van der Waals surface area contributed by atoms with Crippen LogP contribution in [0, 0.1) is 5.41 Å². The number of hydrogen-bond donors (Lipinski definition) is 1. The Hall–Kier alpha value is -0.380. The van der Waals surface area contributed by atoms with Crippen LogP contribution in [0.5, 0.6) is 0 Å². The summed E-state index contributed by atoms with van der Waals surface area (Å²) in [5.41, 5.74) is 6.95. The van der Waals surface area contributed by atoms with Crippen LogP contribution >= 0.6 is 11.3 Å². The molecule has 1 saturated heterocycles. The van der Waals surface area contributed by atoms with Crippen molar-refractivity contribution >= 4 is 11.3 Å². The molecule has 2 atom stereocenters. The minimum Gasteiger partial charge on any atom is -0.326 e. The summed E-state index contributed by atoms with van der Waals surface area (Å²) in [6.07, 6.45) is 4.96. The lowest BCUT2D eigenvalue weighted by Gasteiger charge is -2.43. The van der Waals surface area contributed by atoms with E-state index in [0.29, 0.717) is 11.5 Å². The van der Waals surface area contributed by atoms with Crippen molar-refractivity contribution in [3.63, 3.8) is 0 Å². The monoisotopic (exact) mass is 280 g/mol. The van der Waals surface area contributed by atoms with Crippen LogP contribution in [-0.2, 0) is 0 Å². The van der Waals surface area contributed by atoms with Gasteiger partial charge in [0.1, 0.15) is 0 Å². The smallest absolute Gasteiger partial charge is 0.0593 e. The number of likely N-dealkylation sites (tertiary alicyclic amines) is 1. The summed E-state index contributed by atoms with van der Waals surface area (Å²) in [6.45, 7) is 9.35. The van der Waals surface area contributed by atoms with Crippen LogP contribution in [0.3, 0.4) is 0 Å². The maximum absolute atomic E-state index is 6.40. The van der Waals surface area contributed by atoms with E-state index in [1.54, 1.807) is 0 Å². The average Bonchev–Trinajstić information content (AvgIpc) is 2.95. The average molecular weight is 280 g/mol. The second-order valence-corrected chi connectivity index (χ2v) is 7.21. The van der Waals surface area contributed by atoms with Crippen LogP contribution in [-0.4, -0.2) is 24.0 Å². The van der Waals surface area contributed by atoms with Gasteiger partial charge in [-0.1, -0.05) is 33.3 Å². The summed E-state index contributed by atoms with van der Waals surface area (Å²) in [5, 5.41) is 2.17. The summed E-state index contributed by atoms with van der Waals surface area (Å²) in [5.74, 6) is 0. The Morgan fingerprint density at radius 2 is 2.05 bits per heavy atom. The first kappa shape index (κ1) is 15.0. The molecule has 108 valence electrons. The standard InChI is InChI=1S/C16H28N2S/c1-4-13(17)15(14-7-6-12-19-14)18-10-8-16(3,5-2)9-11-18/h6-7,12-13,15H,4-5,8-11,17H2,1-3H3. The fourth-order valence-corrected chi connectivity index (χ4v) is 3.97. The predicted octanol–water partition coefficient (Wildman–Crippen LogP) is 4.04. The summed E-state index contributed by atoms with van der Waals surface area (Å²) >= 11 is 1.85. The minimum absolute atomic E-state index is 0.254. The maximum Gasteiger partial charge on any atom is 0.0593 e. The van der Waals surface area contributed by atoms with E-state index in [4.69, 9.17) is 5.73 Å². The van der Waals surface area contributed by atoms with Gasteiger partial charge in [0.25, 0.3) is 0 Å². The molecule has 3 heteroatoms. The number of nitrogens with zero attached hydrogens (tertiary/aromatic N) is 1. The lowest BCUT2D eigenvalue weighted by Crippen LogP contribution is -2.46. The van der Waals surface area contributed by atoms with Gasteiger partial charge in [0.05, 0.1) is 6.04 Å². The largest absolute Gasteiger partial charge is 0.326 e. The van der Waals surface area contributed by atoms with E-state index in [0.717, 1.165) is 6.42 Å². The fourth-order valence-electron chi connectivity index (χ4n) is 3.04. The van der Waals surface area contributed by atoms with E-state index in [-0.39, 0.29) is 6.04 Å². The highest BCUT2D eigenvalue weighted by molar-refractivity contribution is 7.10. The number of rotatable bonds is 5. The van der Waals surface area contributed by atoms with Crippen LogP contribution < -0.4 is 5.73 Å². The van der Waals surface area contributed by atoms with Gasteiger partial charge >= 0.3 is 0 Å². The molecule has 0 spiro atoms. The summed E-state index contributed by atoms with van der Waals surface area (Å²) in [4.78, 5) is 4.06. The summed E-state index contributed by atoms with van der Waals surface area (Å²) in [6, 6.07) is 5.07. The van der Waals surface area contributed by atoms with Crippen molar-refractivity contribution in [1.29, 1.82) is 0 Å². The van der Waals surface area contributed by atoms with E-state index in [2.05, 4.69) is 43.2 Å². The van der Waals surface area contributed by atoms with Crippen molar-refractivity contribution < 1.29 is 0 Å². The van der Waals surface area contributed by atoms with Crippen molar-refractivity contribution in [2.45, 2.75) is 58.5 Å². The first-order chi connectivity index (χ1) is 9.09. The molecule has 1 aromatic rings. The minimum atomic E-state index is 0.254. The first-order valence-corrected chi connectivity index (χ1v) is 8.50. The van der Waals surface area contributed by atoms with Gasteiger partial charge in [0, 0.05) is 10.9 Å². The molecule has 1 fully saturated rings. The normalized spacial score (nSPS) is 23.2. The lowest BCUT2D eigenvalue weighted by molar-refractivity contribution is 0.0706. The Morgan fingerprint density at radius 1 is 1.37 bits per heavy atom. The maximum atomic E-state index is 6.40. The third-order valence-corrected chi connectivity index (χ3v) is 5.91. The van der Waals surface area contributed by atoms with Gasteiger partial charge in [-0.15, -0.1) is 11.3 Å². The molecule has 2 N–H and O–H groups in total. The Kier molecular flexibility index (Phi) is 5.04. The van der Waals surface area contributed by atoms with Crippen LogP contribution in [0.25, 0.3) is 0 Å². The van der Waals surface area contributed by atoms with E-state index in [1.165, 1.54) is 37.2 Å². The van der Waals surface area contributed by atoms with Gasteiger partial charge in [-0.2, -0.15) is 0 Å². The molecule has 0 aliphatic carbocycles. The van der Waals surface area contributed by atoms with Gasteiger partial charge in [-0.05, 0) is 49.2 Å². The molecule has 0 saturated carbocycles. The number of hydrogen-bond acceptors (Lipinski definition) is 3. The van der Waals surface area contributed by atoms with Gasteiger partial charge in [-0.3, -0.25) is 4.90 Å². The molecule has 19 heavy (non-hydrogen) atoms. The fraction of sp³-hybridized carbons (Fsp3) is 0.750. The zero-order chi connectivity index (χ0) is 13.9. The molecule has 1 aromatic heterocycles. The number of piperidine rings is 1. The van der Waals surface area contributed by atoms with Crippen LogP contribution in [0.1, 0.15) is 57.4 Å². The quantitative estimate of drug-likeness (QED) is 0.882. The zero-order valence-electron chi connectivity index (χ0n) is 12.6. The van der Waals surface area contributed by atoms with Gasteiger partial charge in [0.15, 0.2) is 0 Å². The van der Waals surface area contributed by atoms with Gasteiger partial charge < -0.3 is 5.73 Å². The summed E-state index contributed by atoms with van der Waals surface area (Å²) in [7, 11) is 0. The zero-order valence-corrected chi connectivity index (χ0v) is 13.4. The SMILES string of the molecule is CCC(N)C(c1cccs1)N1CCC(C)(CC)CC1. The number of thiophene rings is 1. The molecular weight excluding hydrogens is 252 g/mol. The van der Waals surface area contributed by atoms with E-state index in [9.17, 15) is 0 Å². The first-order valence-electron chi connectivity index (χ1n) is 7.62. The van der Waals surface area contributed by atoms with Crippen LogP contribution in [0.4, 0.5) is 0 Å². The van der Waals surface area contributed by atoms with Crippen molar-refractivity contribution in [3.05, 3.63) is 22.4 Å². The molecule has 2 rings (SSSR count). The molecule has 0 radical (unpaired) electrons. The molecule has 2 heterocycles. The van der Waals surface area contributed by atoms with Crippen molar-refractivity contribution in [1.82, 2.24) is 4.90 Å². The van der Waals surface area contributed by atoms with E-state index in [1.807, 2.05) is 11.3 Å². The molecule has 0 aromatic carbocycles. The third-order valence-electron chi connectivity index (χ3n) is 4.96. The van der Waals surface area contributed by atoms with E-state index < -0.39 is 0 Å². The highest BCUT2D eigenvalue weighted by Crippen LogP contribution is 2.38. The second kappa shape index (κ2) is 6.38. The topological polar surface area (TPSA) is 29.3 Å². The summed E-state index contributed by atoms with van der Waals surface area (Å²) < 4.78 is 0. The molecule has 2 unspecified atom stereocenters. The molecule has 2 nitrogen and oxygen atoms in total. The molecular formula is C16H28N2S. The Balaban J connectivity index is 2.09. The molecule has 0 amide bonds. The highest BCUT2D eigenvalue weighted by Gasteiger charge is 2.34. The Bertz CT molecular complexity index is 366. The third kappa shape index (κ3) is 3.39. The van der Waals surface area contributed by atoms with Crippen molar-refractivity contribution in [2.75, 3.05) is 13.1 Å². The van der Waals surface area contributed by atoms with Gasteiger partial charge in [-0.25, -0.2) is 0 Å². The molecule has 1 aliphatic heterocycles. The second-order valence-electron chi connectivity index (χ2n) is 6.23. The molecule has 0 bridgehead atoms. The Morgan fingerprint density at radius 3 is 2.53 bits per heavy atom. The van der Waals surface area contributed by atoms with E-state index >= 15 is 0 Å². The molecule has 1 aliphatic rings. The van der Waals surface area contributed by atoms with Crippen molar-refractivity contribution in [3.8, 4) is 0 Å².